The molecule has 2 N–H and O–H groups in total. The Kier molecular flexibility index (Phi) is 4.51. The van der Waals surface area contributed by atoms with E-state index < -0.39 is 16.7 Å². The highest BCUT2D eigenvalue weighted by atomic mass is 16.6. The number of nitro groups is 1. The number of hydrogen-bond donors (Lipinski definition) is 2. The van der Waals surface area contributed by atoms with Crippen LogP contribution in [0.4, 0.5) is 11.6 Å². The molecule has 0 bridgehead atoms. The molecular weight excluding hydrogens is 326 g/mol. The van der Waals surface area contributed by atoms with Gasteiger partial charge in [0.15, 0.2) is 5.76 Å². The van der Waals surface area contributed by atoms with Gasteiger partial charge in [0.25, 0.3) is 5.91 Å². The van der Waals surface area contributed by atoms with Crippen molar-refractivity contribution in [3.63, 3.8) is 0 Å². The van der Waals surface area contributed by atoms with Crippen LogP contribution in [0.3, 0.4) is 0 Å². The van der Waals surface area contributed by atoms with E-state index in [0.29, 0.717) is 5.69 Å². The lowest BCUT2D eigenvalue weighted by Crippen LogP contribution is -2.26. The van der Waals surface area contributed by atoms with Crippen molar-refractivity contribution in [2.75, 3.05) is 5.32 Å². The minimum Gasteiger partial charge on any atom is -0.395 e. The molecule has 8 heteroatoms. The normalized spacial score (nSPS) is 14.6. The van der Waals surface area contributed by atoms with Gasteiger partial charge in [-0.1, -0.05) is 12.1 Å². The van der Waals surface area contributed by atoms with Gasteiger partial charge in [-0.05, 0) is 43.5 Å². The van der Waals surface area contributed by atoms with Gasteiger partial charge in [0.05, 0.1) is 12.1 Å². The number of benzene rings is 1. The van der Waals surface area contributed by atoms with Crippen molar-refractivity contribution < 1.29 is 18.9 Å². The fourth-order valence-electron chi connectivity index (χ4n) is 2.34. The summed E-state index contributed by atoms with van der Waals surface area (Å²) in [6.07, 6.45) is 1.88. The Hall–Kier alpha value is -3.16. The first-order chi connectivity index (χ1) is 11.9. The van der Waals surface area contributed by atoms with E-state index in [4.69, 9.17) is 4.42 Å². The Morgan fingerprint density at radius 1 is 1.20 bits per heavy atom. The van der Waals surface area contributed by atoms with Crippen LogP contribution in [0.25, 0.3) is 0 Å². The number of amides is 2. The maximum Gasteiger partial charge on any atom is 0.433 e. The largest absolute Gasteiger partial charge is 0.433 e. The smallest absolute Gasteiger partial charge is 0.395 e. The van der Waals surface area contributed by atoms with Gasteiger partial charge in [-0.15, -0.1) is 0 Å². The first kappa shape index (κ1) is 16.7. The molecule has 1 aliphatic carbocycles. The van der Waals surface area contributed by atoms with Crippen LogP contribution in [0.1, 0.15) is 41.9 Å². The maximum atomic E-state index is 12.1. The molecule has 1 aliphatic rings. The van der Waals surface area contributed by atoms with Gasteiger partial charge >= 0.3 is 5.88 Å². The van der Waals surface area contributed by atoms with Gasteiger partial charge in [0.2, 0.25) is 5.91 Å². The maximum absolute atomic E-state index is 12.1. The summed E-state index contributed by atoms with van der Waals surface area (Å²) < 4.78 is 4.88. The molecule has 0 spiro atoms. The Morgan fingerprint density at radius 2 is 1.88 bits per heavy atom. The molecule has 0 aliphatic heterocycles. The van der Waals surface area contributed by atoms with E-state index in [1.54, 1.807) is 31.2 Å². The quantitative estimate of drug-likeness (QED) is 0.618. The SMILES string of the molecule is CC(NC(=O)c1ccc([N+](=O)[O-])o1)c1ccc(NC(=O)C2CC2)cc1. The zero-order valence-electron chi connectivity index (χ0n) is 13.5. The monoisotopic (exact) mass is 343 g/mol. The number of nitrogens with zero attached hydrogens (tertiary/aromatic N) is 1. The van der Waals surface area contributed by atoms with Gasteiger partial charge in [-0.2, -0.15) is 0 Å². The summed E-state index contributed by atoms with van der Waals surface area (Å²) in [6, 6.07) is 9.22. The van der Waals surface area contributed by atoms with Crippen LogP contribution in [0.5, 0.6) is 0 Å². The summed E-state index contributed by atoms with van der Waals surface area (Å²) in [5.41, 5.74) is 1.54. The lowest BCUT2D eigenvalue weighted by molar-refractivity contribution is -0.402. The third-order valence-electron chi connectivity index (χ3n) is 3.97. The number of nitrogens with one attached hydrogen (secondary N) is 2. The van der Waals surface area contributed by atoms with E-state index in [0.717, 1.165) is 24.5 Å². The molecule has 1 heterocycles. The molecule has 1 aromatic heterocycles. The molecule has 8 nitrogen and oxygen atoms in total. The number of anilines is 1. The van der Waals surface area contributed by atoms with Crippen molar-refractivity contribution in [1.29, 1.82) is 0 Å². The second-order valence-corrected chi connectivity index (χ2v) is 5.98. The molecule has 0 saturated heterocycles. The molecule has 1 fully saturated rings. The van der Waals surface area contributed by atoms with E-state index in [-0.39, 0.29) is 23.6 Å². The van der Waals surface area contributed by atoms with Gasteiger partial charge in [0, 0.05) is 11.6 Å². The van der Waals surface area contributed by atoms with Crippen LogP contribution in [0, 0.1) is 16.0 Å². The molecule has 130 valence electrons. The van der Waals surface area contributed by atoms with Gasteiger partial charge in [-0.3, -0.25) is 19.7 Å². The zero-order valence-corrected chi connectivity index (χ0v) is 13.5. The first-order valence-corrected chi connectivity index (χ1v) is 7.90. The van der Waals surface area contributed by atoms with E-state index in [1.165, 1.54) is 6.07 Å². The minimum atomic E-state index is -0.700. The lowest BCUT2D eigenvalue weighted by Gasteiger charge is -2.14. The van der Waals surface area contributed by atoms with Crippen molar-refractivity contribution in [1.82, 2.24) is 5.32 Å². The standard InChI is InChI=1S/C17H17N3O5/c1-10(18-17(22)14-8-9-15(25-14)20(23)24)11-4-6-13(7-5-11)19-16(21)12-2-3-12/h4-10,12H,2-3H2,1H3,(H,18,22)(H,19,21). The summed E-state index contributed by atoms with van der Waals surface area (Å²) in [5.74, 6) is -0.962. The Bertz CT molecular complexity index is 808. The van der Waals surface area contributed by atoms with Crippen LogP contribution in [0.15, 0.2) is 40.8 Å². The number of carbonyl (C=O) groups is 2. The number of furan rings is 1. The number of rotatable bonds is 6. The first-order valence-electron chi connectivity index (χ1n) is 7.90. The fraction of sp³-hybridized carbons (Fsp3) is 0.294. The Balaban J connectivity index is 1.59. The minimum absolute atomic E-state index is 0.0357. The topological polar surface area (TPSA) is 114 Å². The lowest BCUT2D eigenvalue weighted by atomic mass is 10.1. The van der Waals surface area contributed by atoms with E-state index in [1.807, 2.05) is 0 Å². The van der Waals surface area contributed by atoms with Crippen molar-refractivity contribution >= 4 is 23.4 Å². The summed E-state index contributed by atoms with van der Waals surface area (Å²) in [4.78, 5) is 33.7. The molecule has 3 rings (SSSR count). The average molecular weight is 343 g/mol. The Morgan fingerprint density at radius 3 is 2.44 bits per heavy atom. The summed E-state index contributed by atoms with van der Waals surface area (Å²) in [7, 11) is 0. The highest BCUT2D eigenvalue weighted by Crippen LogP contribution is 2.30. The summed E-state index contributed by atoms with van der Waals surface area (Å²) >= 11 is 0. The number of carbonyl (C=O) groups excluding carboxylic acids is 2. The highest BCUT2D eigenvalue weighted by Gasteiger charge is 2.29. The molecule has 1 unspecified atom stereocenters. The van der Waals surface area contributed by atoms with Crippen molar-refractivity contribution in [2.45, 2.75) is 25.8 Å². The Labute approximate surface area is 143 Å². The van der Waals surface area contributed by atoms with Gasteiger partial charge in [-0.25, -0.2) is 0 Å². The van der Waals surface area contributed by atoms with Crippen LogP contribution < -0.4 is 10.6 Å². The second kappa shape index (κ2) is 6.76. The van der Waals surface area contributed by atoms with Crippen LogP contribution in [-0.2, 0) is 4.79 Å². The van der Waals surface area contributed by atoms with Gasteiger partial charge in [0.1, 0.15) is 4.92 Å². The molecule has 0 radical (unpaired) electrons. The van der Waals surface area contributed by atoms with E-state index in [2.05, 4.69) is 10.6 Å². The van der Waals surface area contributed by atoms with E-state index in [9.17, 15) is 19.7 Å². The average Bonchev–Trinajstić information content (AvgIpc) is 3.31. The third kappa shape index (κ3) is 4.03. The van der Waals surface area contributed by atoms with Crippen molar-refractivity contribution in [3.8, 4) is 0 Å². The molecule has 25 heavy (non-hydrogen) atoms. The highest BCUT2D eigenvalue weighted by molar-refractivity contribution is 5.94. The molecule has 1 atom stereocenters. The third-order valence-corrected chi connectivity index (χ3v) is 3.97. The number of hydrogen-bond acceptors (Lipinski definition) is 5. The van der Waals surface area contributed by atoms with Crippen molar-refractivity contribution in [3.05, 3.63) is 57.8 Å². The molecule has 1 aromatic carbocycles. The molecule has 2 amide bonds. The van der Waals surface area contributed by atoms with Crippen LogP contribution in [0.2, 0.25) is 0 Å². The van der Waals surface area contributed by atoms with E-state index >= 15 is 0 Å². The predicted octanol–water partition coefficient (Wildman–Crippen LogP) is 3.03. The molecular formula is C17H17N3O5. The molecule has 1 saturated carbocycles. The van der Waals surface area contributed by atoms with Gasteiger partial charge < -0.3 is 15.1 Å². The van der Waals surface area contributed by atoms with Crippen LogP contribution in [-0.4, -0.2) is 16.7 Å². The fourth-order valence-corrected chi connectivity index (χ4v) is 2.34. The predicted molar refractivity (Wildman–Crippen MR) is 89.0 cm³/mol. The van der Waals surface area contributed by atoms with Crippen LogP contribution >= 0.6 is 0 Å². The second-order valence-electron chi connectivity index (χ2n) is 5.98. The summed E-state index contributed by atoms with van der Waals surface area (Å²) in [5, 5.41) is 16.1. The molecule has 2 aromatic rings. The zero-order chi connectivity index (χ0) is 18.0. The van der Waals surface area contributed by atoms with Crippen molar-refractivity contribution in [2.24, 2.45) is 5.92 Å². The summed E-state index contributed by atoms with van der Waals surface area (Å²) in [6.45, 7) is 1.78.